The largest absolute Gasteiger partial charge is 0.486 e. The van der Waals surface area contributed by atoms with Crippen molar-refractivity contribution in [2.24, 2.45) is 4.99 Å². The summed E-state index contributed by atoms with van der Waals surface area (Å²) in [5.41, 5.74) is 1.47. The van der Waals surface area contributed by atoms with Gasteiger partial charge in [0.05, 0.1) is 20.6 Å². The molecular weight excluding hydrogens is 391 g/mol. The van der Waals surface area contributed by atoms with Crippen molar-refractivity contribution in [1.29, 1.82) is 0 Å². The number of rotatable bonds is 5. The van der Waals surface area contributed by atoms with E-state index in [1.54, 1.807) is 24.3 Å². The summed E-state index contributed by atoms with van der Waals surface area (Å²) in [6, 6.07) is 12.8. The van der Waals surface area contributed by atoms with Crippen molar-refractivity contribution < 1.29 is 9.53 Å². The Labute approximate surface area is 165 Å². The Hall–Kier alpha value is -2.21. The van der Waals surface area contributed by atoms with Crippen LogP contribution in [0.4, 0.5) is 5.69 Å². The normalized spacial score (nSPS) is 16.8. The van der Waals surface area contributed by atoms with Crippen molar-refractivity contribution in [1.82, 2.24) is 5.32 Å². The summed E-state index contributed by atoms with van der Waals surface area (Å²) in [6.07, 6.45) is 3.32. The third-order valence-electron chi connectivity index (χ3n) is 3.30. The number of carbonyl (C=O) groups is 1. The van der Waals surface area contributed by atoms with Crippen molar-refractivity contribution in [3.05, 3.63) is 75.6 Å². The number of para-hydroxylation sites is 1. The topological polar surface area (TPSA) is 50.7 Å². The Kier molecular flexibility index (Phi) is 6.04. The van der Waals surface area contributed by atoms with Crippen LogP contribution in [0.25, 0.3) is 6.08 Å². The lowest BCUT2D eigenvalue weighted by Gasteiger charge is -2.09. The second-order valence-corrected chi connectivity index (χ2v) is 7.08. The van der Waals surface area contributed by atoms with Crippen molar-refractivity contribution in [3.63, 3.8) is 0 Å². The fourth-order valence-corrected chi connectivity index (χ4v) is 3.65. The average molecular weight is 405 g/mol. The number of hydrogen-bond acceptors (Lipinski definition) is 4. The second kappa shape index (κ2) is 8.45. The molecule has 1 saturated heterocycles. The van der Waals surface area contributed by atoms with Gasteiger partial charge in [0.2, 0.25) is 0 Å². The van der Waals surface area contributed by atoms with Gasteiger partial charge < -0.3 is 10.1 Å². The third kappa shape index (κ3) is 4.49. The molecule has 1 aliphatic rings. The summed E-state index contributed by atoms with van der Waals surface area (Å²) in [4.78, 5) is 17.1. The van der Waals surface area contributed by atoms with E-state index in [2.05, 4.69) is 16.9 Å². The smallest absolute Gasteiger partial charge is 0.264 e. The zero-order valence-electron chi connectivity index (χ0n) is 13.5. The summed E-state index contributed by atoms with van der Waals surface area (Å²) in [7, 11) is 0. The Bertz CT molecular complexity index is 888. The molecule has 1 heterocycles. The van der Waals surface area contributed by atoms with Gasteiger partial charge in [0, 0.05) is 0 Å². The number of thioether (sulfide) groups is 1. The predicted molar refractivity (Wildman–Crippen MR) is 109 cm³/mol. The maximum Gasteiger partial charge on any atom is 0.264 e. The maximum absolute atomic E-state index is 12.2. The second-order valence-electron chi connectivity index (χ2n) is 5.23. The zero-order valence-corrected chi connectivity index (χ0v) is 15.9. The van der Waals surface area contributed by atoms with Crippen LogP contribution in [0.1, 0.15) is 5.56 Å². The molecule has 0 aliphatic carbocycles. The van der Waals surface area contributed by atoms with E-state index < -0.39 is 0 Å². The lowest BCUT2D eigenvalue weighted by atomic mass is 10.2. The molecule has 0 spiro atoms. The Morgan fingerprint density at radius 1 is 1.19 bits per heavy atom. The standard InChI is InChI=1S/C19H14Cl2N2O2S/c1-2-8-25-17-14(20)9-12(10-15(17)21)11-16-18(24)23-19(26-16)22-13-6-4-3-5-7-13/h2-7,9-11H,1,8H2,(H,22,23,24). The number of nitrogens with one attached hydrogen (secondary N) is 1. The molecule has 0 bridgehead atoms. The van der Waals surface area contributed by atoms with E-state index in [9.17, 15) is 4.79 Å². The van der Waals surface area contributed by atoms with Crippen molar-refractivity contribution in [2.45, 2.75) is 0 Å². The van der Waals surface area contributed by atoms with Gasteiger partial charge >= 0.3 is 0 Å². The van der Waals surface area contributed by atoms with Crippen LogP contribution in [-0.4, -0.2) is 17.7 Å². The van der Waals surface area contributed by atoms with Gasteiger partial charge in [-0.25, -0.2) is 4.99 Å². The molecule has 0 saturated carbocycles. The van der Waals surface area contributed by atoms with E-state index in [0.29, 0.717) is 38.0 Å². The van der Waals surface area contributed by atoms with Crippen LogP contribution in [0.2, 0.25) is 10.0 Å². The van der Waals surface area contributed by atoms with Gasteiger partial charge in [0.1, 0.15) is 6.61 Å². The van der Waals surface area contributed by atoms with Gasteiger partial charge in [-0.1, -0.05) is 54.1 Å². The van der Waals surface area contributed by atoms with Crippen LogP contribution in [0.3, 0.4) is 0 Å². The molecule has 132 valence electrons. The quantitative estimate of drug-likeness (QED) is 0.532. The molecule has 0 radical (unpaired) electrons. The first-order valence-electron chi connectivity index (χ1n) is 7.64. The minimum absolute atomic E-state index is 0.219. The highest BCUT2D eigenvalue weighted by Gasteiger charge is 2.24. The van der Waals surface area contributed by atoms with Gasteiger partial charge in [-0.05, 0) is 47.7 Å². The van der Waals surface area contributed by atoms with Crippen LogP contribution >= 0.6 is 35.0 Å². The number of hydrogen-bond donors (Lipinski definition) is 1. The highest BCUT2D eigenvalue weighted by atomic mass is 35.5. The SMILES string of the molecule is C=CCOc1c(Cl)cc(C=C2SC(=Nc3ccccc3)NC2=O)cc1Cl. The molecule has 0 atom stereocenters. The third-order valence-corrected chi connectivity index (χ3v) is 4.77. The minimum atomic E-state index is -0.219. The Morgan fingerprint density at radius 2 is 1.88 bits per heavy atom. The zero-order chi connectivity index (χ0) is 18.5. The Morgan fingerprint density at radius 3 is 2.54 bits per heavy atom. The lowest BCUT2D eigenvalue weighted by Crippen LogP contribution is -2.19. The van der Waals surface area contributed by atoms with E-state index in [1.807, 2.05) is 30.3 Å². The summed E-state index contributed by atoms with van der Waals surface area (Å²) in [5.74, 6) is 0.175. The molecule has 1 N–H and O–H groups in total. The molecule has 26 heavy (non-hydrogen) atoms. The van der Waals surface area contributed by atoms with E-state index >= 15 is 0 Å². The van der Waals surface area contributed by atoms with Crippen LogP contribution in [0.5, 0.6) is 5.75 Å². The van der Waals surface area contributed by atoms with Gasteiger partial charge in [-0.3, -0.25) is 4.79 Å². The van der Waals surface area contributed by atoms with E-state index in [4.69, 9.17) is 27.9 Å². The molecule has 1 amide bonds. The van der Waals surface area contributed by atoms with E-state index in [1.165, 1.54) is 11.8 Å². The van der Waals surface area contributed by atoms with Gasteiger partial charge in [-0.15, -0.1) is 0 Å². The Balaban J connectivity index is 1.83. The van der Waals surface area contributed by atoms with Crippen LogP contribution in [-0.2, 0) is 4.79 Å². The lowest BCUT2D eigenvalue weighted by molar-refractivity contribution is -0.115. The van der Waals surface area contributed by atoms with E-state index in [-0.39, 0.29) is 5.91 Å². The number of ether oxygens (including phenoxy) is 1. The summed E-state index contributed by atoms with van der Waals surface area (Å²) in [6.45, 7) is 3.89. The molecule has 2 aromatic carbocycles. The van der Waals surface area contributed by atoms with Crippen LogP contribution in [0, 0.1) is 0 Å². The molecule has 0 aromatic heterocycles. The molecule has 4 nitrogen and oxygen atoms in total. The number of amides is 1. The monoisotopic (exact) mass is 404 g/mol. The van der Waals surface area contributed by atoms with Crippen molar-refractivity contribution >= 4 is 57.8 Å². The van der Waals surface area contributed by atoms with E-state index in [0.717, 1.165) is 5.69 Å². The van der Waals surface area contributed by atoms with Crippen molar-refractivity contribution in [2.75, 3.05) is 6.61 Å². The predicted octanol–water partition coefficient (Wildman–Crippen LogP) is 5.45. The average Bonchev–Trinajstić information content (AvgIpc) is 2.94. The highest BCUT2D eigenvalue weighted by Crippen LogP contribution is 2.36. The molecule has 0 unspecified atom stereocenters. The number of amidine groups is 1. The molecule has 1 fully saturated rings. The fourth-order valence-electron chi connectivity index (χ4n) is 2.19. The number of halogens is 2. The molecule has 3 rings (SSSR count). The molecular formula is C19H14Cl2N2O2S. The van der Waals surface area contributed by atoms with Crippen molar-refractivity contribution in [3.8, 4) is 5.75 Å². The number of nitrogens with zero attached hydrogens (tertiary/aromatic N) is 1. The first kappa shape index (κ1) is 18.6. The summed E-state index contributed by atoms with van der Waals surface area (Å²) in [5, 5.41) is 4.01. The highest BCUT2D eigenvalue weighted by molar-refractivity contribution is 8.18. The molecule has 7 heteroatoms. The number of aliphatic imine (C=N–C) groups is 1. The first-order chi connectivity index (χ1) is 12.6. The summed E-state index contributed by atoms with van der Waals surface area (Å²) >= 11 is 13.7. The first-order valence-corrected chi connectivity index (χ1v) is 9.21. The van der Waals surface area contributed by atoms with Gasteiger partial charge in [-0.2, -0.15) is 0 Å². The molecule has 2 aromatic rings. The summed E-state index contributed by atoms with van der Waals surface area (Å²) < 4.78 is 5.44. The number of carbonyl (C=O) groups excluding carboxylic acids is 1. The fraction of sp³-hybridized carbons (Fsp3) is 0.0526. The molecule has 1 aliphatic heterocycles. The van der Waals surface area contributed by atoms with Crippen LogP contribution in [0.15, 0.2) is 65.0 Å². The van der Waals surface area contributed by atoms with Gasteiger partial charge in [0.15, 0.2) is 10.9 Å². The maximum atomic E-state index is 12.2. The van der Waals surface area contributed by atoms with Gasteiger partial charge in [0.25, 0.3) is 5.91 Å². The number of benzene rings is 2. The van der Waals surface area contributed by atoms with Crippen LogP contribution < -0.4 is 10.1 Å². The minimum Gasteiger partial charge on any atom is -0.486 e.